The van der Waals surface area contributed by atoms with Crippen LogP contribution in [-0.2, 0) is 4.94 Å². The van der Waals surface area contributed by atoms with Crippen molar-refractivity contribution in [3.05, 3.63) is 70.4 Å². The summed E-state index contributed by atoms with van der Waals surface area (Å²) in [5, 5.41) is 19.2. The van der Waals surface area contributed by atoms with E-state index in [4.69, 9.17) is 4.42 Å². The van der Waals surface area contributed by atoms with Gasteiger partial charge in [0.1, 0.15) is 17.3 Å². The Hall–Kier alpha value is -4.72. The number of tetrazole rings is 1. The molecule has 4 aromatic heterocycles. The van der Waals surface area contributed by atoms with Gasteiger partial charge in [0, 0.05) is 35.1 Å². The summed E-state index contributed by atoms with van der Waals surface area (Å²) in [5.41, 5.74) is 3.19. The smallest absolute Gasteiger partial charge is 0.436 e. The molecule has 1 unspecified atom stereocenters. The monoisotopic (exact) mass is 562 g/mol. The minimum Gasteiger partial charge on any atom is -0.436 e. The molecule has 1 aliphatic rings. The molecule has 204 valence electrons. The first-order chi connectivity index (χ1) is 19.5. The van der Waals surface area contributed by atoms with E-state index in [2.05, 4.69) is 47.1 Å². The van der Waals surface area contributed by atoms with Crippen LogP contribution in [0.25, 0.3) is 22.6 Å². The standard InChI is InChI=1S/C26H23FN8O4S/c1-15-31-33-35(32-15)23(18-7-11-40-14-18)16-5-9-34(10-6-16)25(36)21-12-17(4-8-28-21)24-30-20-13-19(29-26(37)39-27)2-3-22(20)38-24/h2-4,7-8,11-14,16,23H,5-6,9-10H2,1H3,(H,29,37). The lowest BCUT2D eigenvalue weighted by Crippen LogP contribution is -2.41. The third kappa shape index (κ3) is 5.12. The fourth-order valence-electron chi connectivity index (χ4n) is 4.98. The van der Waals surface area contributed by atoms with Gasteiger partial charge in [-0.3, -0.25) is 15.1 Å². The summed E-state index contributed by atoms with van der Waals surface area (Å²) in [6.07, 6.45) is 1.87. The Labute approximate surface area is 230 Å². The number of likely N-dealkylation sites (tertiary alicyclic amines) is 1. The second-order valence-corrected chi connectivity index (χ2v) is 10.2. The van der Waals surface area contributed by atoms with Gasteiger partial charge >= 0.3 is 6.09 Å². The van der Waals surface area contributed by atoms with Crippen molar-refractivity contribution in [1.29, 1.82) is 0 Å². The number of fused-ring (bicyclic) bond motifs is 1. The SMILES string of the molecule is Cc1nnn(C(c2ccsc2)C2CCN(C(=O)c3cc(-c4nc5cc(NC(=O)OF)ccc5o4)ccn3)CC2)n1. The van der Waals surface area contributed by atoms with Crippen LogP contribution in [0.3, 0.4) is 0 Å². The number of anilines is 1. The molecule has 1 saturated heterocycles. The van der Waals surface area contributed by atoms with E-state index in [0.29, 0.717) is 41.3 Å². The molecule has 1 aliphatic heterocycles. The molecule has 1 aromatic carbocycles. The van der Waals surface area contributed by atoms with Crippen LogP contribution in [0.4, 0.5) is 15.0 Å². The zero-order chi connectivity index (χ0) is 27.6. The Morgan fingerprint density at radius 3 is 2.77 bits per heavy atom. The number of rotatable bonds is 6. The Balaban J connectivity index is 1.16. The van der Waals surface area contributed by atoms with Gasteiger partial charge in [-0.15, -0.1) is 10.2 Å². The van der Waals surface area contributed by atoms with Gasteiger partial charge in [0.05, 0.1) is 0 Å². The van der Waals surface area contributed by atoms with E-state index in [1.807, 2.05) is 12.3 Å². The first-order valence-electron chi connectivity index (χ1n) is 12.5. The number of aryl methyl sites for hydroxylation is 1. The minimum atomic E-state index is -1.24. The summed E-state index contributed by atoms with van der Waals surface area (Å²) in [6, 6.07) is 10.0. The van der Waals surface area contributed by atoms with Gasteiger partial charge in [-0.05, 0) is 83.6 Å². The quantitative estimate of drug-likeness (QED) is 0.308. The zero-order valence-electron chi connectivity index (χ0n) is 21.2. The van der Waals surface area contributed by atoms with Gasteiger partial charge < -0.3 is 9.32 Å². The molecule has 14 heteroatoms. The molecule has 0 aliphatic carbocycles. The topological polar surface area (TPSA) is 141 Å². The minimum absolute atomic E-state index is 0.0383. The van der Waals surface area contributed by atoms with Gasteiger partial charge in [-0.2, -0.15) is 16.1 Å². The van der Waals surface area contributed by atoms with Crippen LogP contribution in [0.1, 0.15) is 40.8 Å². The predicted octanol–water partition coefficient (Wildman–Crippen LogP) is 4.82. The summed E-state index contributed by atoms with van der Waals surface area (Å²) >= 11 is 1.63. The Morgan fingerprint density at radius 2 is 2.05 bits per heavy atom. The number of pyridine rings is 1. The molecule has 0 spiro atoms. The van der Waals surface area contributed by atoms with E-state index in [-0.39, 0.29) is 29.5 Å². The zero-order valence-corrected chi connectivity index (χ0v) is 22.0. The van der Waals surface area contributed by atoms with Gasteiger partial charge in [0.2, 0.25) is 5.89 Å². The molecule has 1 N–H and O–H groups in total. The molecule has 0 saturated carbocycles. The molecular formula is C26H23FN8O4S. The van der Waals surface area contributed by atoms with Crippen molar-refractivity contribution < 1.29 is 23.5 Å². The van der Waals surface area contributed by atoms with E-state index in [1.54, 1.807) is 45.4 Å². The molecule has 1 fully saturated rings. The van der Waals surface area contributed by atoms with E-state index < -0.39 is 6.09 Å². The molecule has 2 amide bonds. The first kappa shape index (κ1) is 25.6. The van der Waals surface area contributed by atoms with Crippen molar-refractivity contribution in [1.82, 2.24) is 35.1 Å². The third-order valence-corrected chi connectivity index (χ3v) is 7.57. The highest BCUT2D eigenvalue weighted by Gasteiger charge is 2.33. The number of hydrogen-bond acceptors (Lipinski definition) is 10. The van der Waals surface area contributed by atoms with Crippen molar-refractivity contribution >= 4 is 40.1 Å². The number of nitrogens with zero attached hydrogens (tertiary/aromatic N) is 7. The summed E-state index contributed by atoms with van der Waals surface area (Å²) < 4.78 is 17.9. The number of carbonyl (C=O) groups is 2. The van der Waals surface area contributed by atoms with Crippen molar-refractivity contribution in [2.24, 2.45) is 5.92 Å². The van der Waals surface area contributed by atoms with Crippen molar-refractivity contribution in [2.75, 3.05) is 18.4 Å². The summed E-state index contributed by atoms with van der Waals surface area (Å²) in [7, 11) is 0. The number of thiophene rings is 1. The lowest BCUT2D eigenvalue weighted by Gasteiger charge is -2.35. The van der Waals surface area contributed by atoms with E-state index in [9.17, 15) is 14.1 Å². The number of amides is 2. The molecule has 0 radical (unpaired) electrons. The second kappa shape index (κ2) is 10.8. The average molecular weight is 563 g/mol. The van der Waals surface area contributed by atoms with Crippen LogP contribution < -0.4 is 5.32 Å². The number of carbonyl (C=O) groups excluding carboxylic acids is 2. The maximum atomic E-state index is 13.4. The highest BCUT2D eigenvalue weighted by atomic mass is 32.1. The Kier molecular flexibility index (Phi) is 6.90. The lowest BCUT2D eigenvalue weighted by molar-refractivity contribution is -0.0544. The molecular weight excluding hydrogens is 539 g/mol. The molecule has 40 heavy (non-hydrogen) atoms. The number of oxazole rings is 1. The number of piperidine rings is 1. The maximum Gasteiger partial charge on any atom is 0.449 e. The van der Waals surface area contributed by atoms with Gasteiger partial charge in [-0.25, -0.2) is 14.7 Å². The van der Waals surface area contributed by atoms with Crippen LogP contribution in [-0.4, -0.2) is 60.2 Å². The number of halogens is 1. The van der Waals surface area contributed by atoms with Crippen molar-refractivity contribution in [2.45, 2.75) is 25.8 Å². The number of hydrogen-bond donors (Lipinski definition) is 1. The molecule has 5 aromatic rings. The van der Waals surface area contributed by atoms with E-state index in [1.165, 1.54) is 12.1 Å². The maximum absolute atomic E-state index is 13.4. The van der Waals surface area contributed by atoms with Crippen LogP contribution >= 0.6 is 11.3 Å². The lowest BCUT2D eigenvalue weighted by atomic mass is 9.86. The first-order valence-corrected chi connectivity index (χ1v) is 13.5. The summed E-state index contributed by atoms with van der Waals surface area (Å²) in [4.78, 5) is 39.9. The van der Waals surface area contributed by atoms with Gasteiger partial charge in [-0.1, -0.05) is 0 Å². The van der Waals surface area contributed by atoms with Crippen molar-refractivity contribution in [3.63, 3.8) is 0 Å². The van der Waals surface area contributed by atoms with Crippen LogP contribution in [0.15, 0.2) is 57.8 Å². The molecule has 5 heterocycles. The molecule has 12 nitrogen and oxygen atoms in total. The molecule has 6 rings (SSSR count). The fourth-order valence-corrected chi connectivity index (χ4v) is 5.67. The largest absolute Gasteiger partial charge is 0.449 e. The second-order valence-electron chi connectivity index (χ2n) is 9.41. The van der Waals surface area contributed by atoms with Gasteiger partial charge in [0.15, 0.2) is 11.4 Å². The van der Waals surface area contributed by atoms with Crippen LogP contribution in [0, 0.1) is 12.8 Å². The highest BCUT2D eigenvalue weighted by molar-refractivity contribution is 7.08. The Morgan fingerprint density at radius 1 is 1.20 bits per heavy atom. The van der Waals surface area contributed by atoms with Gasteiger partial charge in [0.25, 0.3) is 5.91 Å². The number of benzene rings is 1. The summed E-state index contributed by atoms with van der Waals surface area (Å²) in [5.74, 6) is 0.979. The third-order valence-electron chi connectivity index (χ3n) is 6.87. The average Bonchev–Trinajstić information content (AvgIpc) is 3.75. The highest BCUT2D eigenvalue weighted by Crippen LogP contribution is 2.35. The van der Waals surface area contributed by atoms with Crippen molar-refractivity contribution in [3.8, 4) is 11.5 Å². The summed E-state index contributed by atoms with van der Waals surface area (Å²) in [6.45, 7) is 2.96. The Bertz CT molecular complexity index is 1660. The predicted molar refractivity (Wildman–Crippen MR) is 142 cm³/mol. The molecule has 1 atom stereocenters. The van der Waals surface area contributed by atoms with E-state index in [0.717, 1.165) is 18.4 Å². The molecule has 0 bridgehead atoms. The normalized spacial score (nSPS) is 14.8. The fraction of sp³-hybridized carbons (Fsp3) is 0.269. The van der Waals surface area contributed by atoms with Crippen LogP contribution in [0.2, 0.25) is 0 Å². The van der Waals surface area contributed by atoms with Crippen LogP contribution in [0.5, 0.6) is 0 Å². The number of aromatic nitrogens is 6. The number of nitrogens with one attached hydrogen (secondary N) is 1. The van der Waals surface area contributed by atoms with E-state index >= 15 is 0 Å².